The molecule has 1 spiro atoms. The fourth-order valence-corrected chi connectivity index (χ4v) is 4.98. The third-order valence-corrected chi connectivity index (χ3v) is 6.41. The van der Waals surface area contributed by atoms with Gasteiger partial charge in [0.05, 0.1) is 12.1 Å². The van der Waals surface area contributed by atoms with Gasteiger partial charge in [-0.05, 0) is 55.3 Å². The van der Waals surface area contributed by atoms with Crippen LogP contribution in [-0.4, -0.2) is 49.1 Å². The van der Waals surface area contributed by atoms with Crippen LogP contribution < -0.4 is 15.4 Å². The molecule has 1 fully saturated rings. The normalized spacial score (nSPS) is 26.1. The Kier molecular flexibility index (Phi) is 4.63. The van der Waals surface area contributed by atoms with E-state index in [9.17, 15) is 9.18 Å². The zero-order chi connectivity index (χ0) is 20.0. The van der Waals surface area contributed by atoms with Crippen molar-refractivity contribution in [2.24, 2.45) is 0 Å². The monoisotopic (exact) mass is 415 g/mol. The zero-order valence-electron chi connectivity index (χ0n) is 16.0. The highest BCUT2D eigenvalue weighted by Crippen LogP contribution is 2.36. The Morgan fingerprint density at radius 1 is 1.24 bits per heavy atom. The molecule has 0 radical (unpaired) electrons. The molecule has 1 saturated heterocycles. The number of piperidine rings is 1. The minimum absolute atomic E-state index is 0.268. The molecule has 2 atom stereocenters. The van der Waals surface area contributed by atoms with E-state index in [4.69, 9.17) is 16.3 Å². The van der Waals surface area contributed by atoms with Crippen molar-refractivity contribution >= 4 is 23.2 Å². The number of rotatable bonds is 2. The van der Waals surface area contributed by atoms with Gasteiger partial charge in [-0.25, -0.2) is 4.39 Å². The number of amides is 1. The number of anilines is 1. The summed E-state index contributed by atoms with van der Waals surface area (Å²) in [6.07, 6.45) is 1.84. The lowest BCUT2D eigenvalue weighted by Gasteiger charge is -2.42. The second-order valence-corrected chi connectivity index (χ2v) is 8.69. The lowest BCUT2D eigenvalue weighted by Crippen LogP contribution is -2.57. The smallest absolute Gasteiger partial charge is 0.255 e. The predicted molar refractivity (Wildman–Crippen MR) is 110 cm³/mol. The van der Waals surface area contributed by atoms with Crippen molar-refractivity contribution in [3.63, 3.8) is 0 Å². The van der Waals surface area contributed by atoms with Crippen LogP contribution in [0.4, 0.5) is 10.1 Å². The molecule has 5 nitrogen and oxygen atoms in total. The fourth-order valence-electron chi connectivity index (χ4n) is 4.80. The van der Waals surface area contributed by atoms with Crippen LogP contribution in [-0.2, 0) is 0 Å². The molecular weight excluding hydrogens is 393 g/mol. The maximum atomic E-state index is 13.6. The number of halogens is 2. The molecule has 0 saturated carbocycles. The van der Waals surface area contributed by atoms with Crippen LogP contribution in [0, 0.1) is 5.82 Å². The van der Waals surface area contributed by atoms with Gasteiger partial charge in [0.2, 0.25) is 0 Å². The summed E-state index contributed by atoms with van der Waals surface area (Å²) in [5, 5.41) is 7.13. The van der Waals surface area contributed by atoms with Crippen molar-refractivity contribution in [2.45, 2.75) is 24.4 Å². The van der Waals surface area contributed by atoms with Gasteiger partial charge in [0.15, 0.2) is 0 Å². The third-order valence-electron chi connectivity index (χ3n) is 6.17. The number of hydrogen-bond acceptors (Lipinski definition) is 4. The van der Waals surface area contributed by atoms with Gasteiger partial charge in [-0.2, -0.15) is 0 Å². The zero-order valence-corrected chi connectivity index (χ0v) is 16.8. The van der Waals surface area contributed by atoms with Gasteiger partial charge in [-0.1, -0.05) is 17.7 Å². The van der Waals surface area contributed by atoms with Crippen LogP contribution in [0.3, 0.4) is 0 Å². The largest absolute Gasteiger partial charge is 0.483 e. The summed E-state index contributed by atoms with van der Waals surface area (Å²) in [6.45, 7) is 3.95. The first-order valence-electron chi connectivity index (χ1n) is 10.0. The summed E-state index contributed by atoms with van der Waals surface area (Å²) in [5.41, 5.74) is 2.18. The SMILES string of the molecule is O=C1NC[C@@]2(CCCN(CC3CNc4cc(Cl)ccc43)C2)Oc2ccc(F)cc21. The molecule has 1 amide bonds. The highest BCUT2D eigenvalue weighted by molar-refractivity contribution is 6.30. The molecule has 3 aliphatic rings. The Labute approximate surface area is 174 Å². The Hall–Kier alpha value is -2.31. The van der Waals surface area contributed by atoms with E-state index >= 15 is 0 Å². The average Bonchev–Trinajstić information content (AvgIpc) is 3.04. The number of nitrogens with zero attached hydrogens (tertiary/aromatic N) is 1. The summed E-state index contributed by atoms with van der Waals surface area (Å²) < 4.78 is 20.0. The van der Waals surface area contributed by atoms with E-state index in [0.29, 0.717) is 18.2 Å². The van der Waals surface area contributed by atoms with Crippen LogP contribution in [0.15, 0.2) is 36.4 Å². The molecular formula is C22H23ClFN3O2. The lowest BCUT2D eigenvalue weighted by molar-refractivity contribution is -0.00564. The summed E-state index contributed by atoms with van der Waals surface area (Å²) in [6, 6.07) is 10.2. The highest BCUT2D eigenvalue weighted by Gasteiger charge is 2.41. The van der Waals surface area contributed by atoms with Gasteiger partial charge >= 0.3 is 0 Å². The maximum absolute atomic E-state index is 13.6. The number of ether oxygens (including phenoxy) is 1. The highest BCUT2D eigenvalue weighted by atomic mass is 35.5. The standard InChI is InChI=1S/C22H23ClFN3O2/c23-15-2-4-17-14(10-25-19(17)8-15)11-27-7-1-6-22(13-27)12-26-21(28)18-9-16(24)3-5-20(18)29-22/h2-5,8-9,14,25H,1,6-7,10-13H2,(H,26,28)/t14?,22-/m1/s1. The molecule has 1 unspecified atom stereocenters. The fraction of sp³-hybridized carbons (Fsp3) is 0.409. The van der Waals surface area contributed by atoms with Gasteiger partial charge in [0, 0.05) is 36.3 Å². The Bertz CT molecular complexity index is 969. The molecule has 2 aromatic carbocycles. The van der Waals surface area contributed by atoms with E-state index in [1.54, 1.807) is 6.07 Å². The van der Waals surface area contributed by atoms with E-state index in [2.05, 4.69) is 21.6 Å². The van der Waals surface area contributed by atoms with Gasteiger partial charge in [0.25, 0.3) is 5.91 Å². The predicted octanol–water partition coefficient (Wildman–Crippen LogP) is 3.65. The number of benzene rings is 2. The Morgan fingerprint density at radius 2 is 2.14 bits per heavy atom. The van der Waals surface area contributed by atoms with E-state index in [-0.39, 0.29) is 11.5 Å². The first-order chi connectivity index (χ1) is 14.0. The lowest BCUT2D eigenvalue weighted by atomic mass is 9.91. The van der Waals surface area contributed by atoms with Crippen LogP contribution in [0.5, 0.6) is 5.75 Å². The number of nitrogens with one attached hydrogen (secondary N) is 2. The van der Waals surface area contributed by atoms with Gasteiger partial charge in [0.1, 0.15) is 17.2 Å². The second kappa shape index (κ2) is 7.18. The third kappa shape index (κ3) is 3.55. The number of hydrogen-bond donors (Lipinski definition) is 2. The van der Waals surface area contributed by atoms with Crippen molar-refractivity contribution in [3.05, 3.63) is 58.4 Å². The van der Waals surface area contributed by atoms with Crippen molar-refractivity contribution < 1.29 is 13.9 Å². The molecule has 152 valence electrons. The van der Waals surface area contributed by atoms with Crippen LogP contribution in [0.25, 0.3) is 0 Å². The number of carbonyl (C=O) groups excluding carboxylic acids is 1. The number of carbonyl (C=O) groups is 1. The second-order valence-electron chi connectivity index (χ2n) is 8.26. The maximum Gasteiger partial charge on any atom is 0.255 e. The summed E-state index contributed by atoms with van der Waals surface area (Å²) in [5.74, 6) is 0.139. The molecule has 5 rings (SSSR count). The molecule has 3 aliphatic heterocycles. The molecule has 2 N–H and O–H groups in total. The molecule has 2 aromatic rings. The average molecular weight is 416 g/mol. The van der Waals surface area contributed by atoms with Gasteiger partial charge in [-0.15, -0.1) is 0 Å². The summed E-state index contributed by atoms with van der Waals surface area (Å²) in [4.78, 5) is 14.8. The number of fused-ring (bicyclic) bond motifs is 2. The van der Waals surface area contributed by atoms with Crippen molar-refractivity contribution in [1.29, 1.82) is 0 Å². The molecule has 0 aromatic heterocycles. The van der Waals surface area contributed by atoms with Gasteiger partial charge < -0.3 is 15.4 Å². The first-order valence-corrected chi connectivity index (χ1v) is 10.4. The number of likely N-dealkylation sites (tertiary alicyclic amines) is 1. The van der Waals surface area contributed by atoms with E-state index < -0.39 is 11.4 Å². The quantitative estimate of drug-likeness (QED) is 0.786. The first kappa shape index (κ1) is 18.7. The molecule has 0 bridgehead atoms. The van der Waals surface area contributed by atoms with Crippen molar-refractivity contribution in [1.82, 2.24) is 10.2 Å². The molecule has 0 aliphatic carbocycles. The molecule has 29 heavy (non-hydrogen) atoms. The topological polar surface area (TPSA) is 53.6 Å². The van der Waals surface area contributed by atoms with Crippen LogP contribution in [0.2, 0.25) is 5.02 Å². The van der Waals surface area contributed by atoms with Gasteiger partial charge in [-0.3, -0.25) is 9.69 Å². The molecule has 3 heterocycles. The summed E-state index contributed by atoms with van der Waals surface area (Å²) >= 11 is 6.11. The minimum Gasteiger partial charge on any atom is -0.483 e. The van der Waals surface area contributed by atoms with E-state index in [1.807, 2.05) is 12.1 Å². The molecule has 7 heteroatoms. The van der Waals surface area contributed by atoms with E-state index in [1.165, 1.54) is 17.7 Å². The summed E-state index contributed by atoms with van der Waals surface area (Å²) in [7, 11) is 0. The van der Waals surface area contributed by atoms with Crippen molar-refractivity contribution in [2.75, 3.05) is 38.0 Å². The Morgan fingerprint density at radius 3 is 3.03 bits per heavy atom. The Balaban J connectivity index is 1.35. The van der Waals surface area contributed by atoms with Crippen LogP contribution >= 0.6 is 11.6 Å². The minimum atomic E-state index is -0.494. The van der Waals surface area contributed by atoms with Crippen LogP contribution in [0.1, 0.15) is 34.7 Å². The van der Waals surface area contributed by atoms with E-state index in [0.717, 1.165) is 49.7 Å². The van der Waals surface area contributed by atoms with Crippen molar-refractivity contribution in [3.8, 4) is 5.75 Å².